The maximum absolute atomic E-state index is 10.9. The minimum absolute atomic E-state index is 0.0214. The van der Waals surface area contributed by atoms with Crippen LogP contribution in [0, 0.1) is 10.1 Å². The molecule has 2 aromatic rings. The lowest BCUT2D eigenvalue weighted by Gasteiger charge is -2.17. The second-order valence-electron chi connectivity index (χ2n) is 4.41. The number of nitro benzene ring substituents is 1. The molecule has 2 rings (SSSR count). The summed E-state index contributed by atoms with van der Waals surface area (Å²) in [6.07, 6.45) is 0.843. The predicted octanol–water partition coefficient (Wildman–Crippen LogP) is 3.72. The van der Waals surface area contributed by atoms with Crippen molar-refractivity contribution < 1.29 is 4.92 Å². The molecule has 2 N–H and O–H groups in total. The van der Waals surface area contributed by atoms with Gasteiger partial charge in [0.1, 0.15) is 5.69 Å². The summed E-state index contributed by atoms with van der Waals surface area (Å²) in [5.41, 5.74) is 8.15. The van der Waals surface area contributed by atoms with E-state index in [-0.39, 0.29) is 17.3 Å². The molecule has 0 spiro atoms. The molecule has 0 saturated carbocycles. The number of nitrogens with two attached hydrogens (primary N) is 1. The molecule has 0 aliphatic heterocycles. The highest BCUT2D eigenvalue weighted by Crippen LogP contribution is 2.35. The smallest absolute Gasteiger partial charge is 0.292 e. The molecule has 4 heteroatoms. The summed E-state index contributed by atoms with van der Waals surface area (Å²) in [6, 6.07) is 14.9. The van der Waals surface area contributed by atoms with Crippen LogP contribution in [0.3, 0.4) is 0 Å². The summed E-state index contributed by atoms with van der Waals surface area (Å²) in [7, 11) is 0. The van der Waals surface area contributed by atoms with Gasteiger partial charge in [-0.2, -0.15) is 0 Å². The van der Waals surface area contributed by atoms with Gasteiger partial charge in [-0.25, -0.2) is 0 Å². The van der Waals surface area contributed by atoms with Crippen LogP contribution in [-0.2, 0) is 0 Å². The minimum atomic E-state index is -0.434. The van der Waals surface area contributed by atoms with E-state index in [1.165, 1.54) is 6.07 Å². The Morgan fingerprint density at radius 1 is 1.16 bits per heavy atom. The zero-order valence-electron chi connectivity index (χ0n) is 10.7. The van der Waals surface area contributed by atoms with E-state index in [2.05, 4.69) is 6.92 Å². The van der Waals surface area contributed by atoms with Crippen molar-refractivity contribution in [1.82, 2.24) is 0 Å². The molecule has 0 saturated heterocycles. The first-order valence-electron chi connectivity index (χ1n) is 6.22. The van der Waals surface area contributed by atoms with Crippen LogP contribution in [0.4, 0.5) is 11.4 Å². The molecule has 1 unspecified atom stereocenters. The van der Waals surface area contributed by atoms with Crippen LogP contribution in [0.1, 0.15) is 30.4 Å². The quantitative estimate of drug-likeness (QED) is 0.515. The average Bonchev–Trinajstić information content (AvgIpc) is 2.42. The molecular weight excluding hydrogens is 240 g/mol. The van der Waals surface area contributed by atoms with Crippen molar-refractivity contribution in [3.63, 3.8) is 0 Å². The van der Waals surface area contributed by atoms with E-state index in [1.807, 2.05) is 36.4 Å². The molecule has 0 aliphatic carbocycles. The third-order valence-electron chi connectivity index (χ3n) is 3.30. The number of nitrogen functional groups attached to an aromatic ring is 1. The van der Waals surface area contributed by atoms with Gasteiger partial charge in [-0.1, -0.05) is 49.4 Å². The van der Waals surface area contributed by atoms with Crippen LogP contribution in [0.25, 0.3) is 0 Å². The largest absolute Gasteiger partial charge is 0.393 e. The first-order valence-corrected chi connectivity index (χ1v) is 6.22. The fourth-order valence-corrected chi connectivity index (χ4v) is 2.35. The van der Waals surface area contributed by atoms with Gasteiger partial charge in [0.2, 0.25) is 0 Å². The molecule has 98 valence electrons. The van der Waals surface area contributed by atoms with E-state index in [9.17, 15) is 10.1 Å². The van der Waals surface area contributed by atoms with E-state index in [4.69, 9.17) is 5.73 Å². The summed E-state index contributed by atoms with van der Waals surface area (Å²) in [6.45, 7) is 2.05. The van der Waals surface area contributed by atoms with Gasteiger partial charge in [0.05, 0.1) is 4.92 Å². The molecule has 1 atom stereocenters. The highest BCUT2D eigenvalue weighted by Gasteiger charge is 2.20. The Labute approximate surface area is 112 Å². The topological polar surface area (TPSA) is 69.2 Å². The number of hydrogen-bond acceptors (Lipinski definition) is 3. The number of rotatable bonds is 4. The van der Waals surface area contributed by atoms with Gasteiger partial charge >= 0.3 is 0 Å². The fourth-order valence-electron chi connectivity index (χ4n) is 2.35. The zero-order valence-corrected chi connectivity index (χ0v) is 10.7. The van der Waals surface area contributed by atoms with Gasteiger partial charge in [-0.15, -0.1) is 0 Å². The standard InChI is InChI=1S/C15H16N2O2/c1-2-12(11-7-4-3-5-8-11)13-9-6-10-14(15(13)16)17(18)19/h3-10,12H,2,16H2,1H3. The zero-order chi connectivity index (χ0) is 13.8. The van der Waals surface area contributed by atoms with E-state index < -0.39 is 4.92 Å². The molecular formula is C15H16N2O2. The SMILES string of the molecule is CCC(c1ccccc1)c1cccc([N+](=O)[O-])c1N. The van der Waals surface area contributed by atoms with E-state index in [1.54, 1.807) is 6.07 Å². The summed E-state index contributed by atoms with van der Waals surface area (Å²) in [5, 5.41) is 10.9. The van der Waals surface area contributed by atoms with Crippen LogP contribution in [0.2, 0.25) is 0 Å². The maximum Gasteiger partial charge on any atom is 0.292 e. The van der Waals surface area contributed by atoms with Crippen LogP contribution in [-0.4, -0.2) is 4.92 Å². The average molecular weight is 256 g/mol. The molecule has 0 radical (unpaired) electrons. The molecule has 0 aromatic heterocycles. The first kappa shape index (κ1) is 13.1. The van der Waals surface area contributed by atoms with E-state index in [0.717, 1.165) is 17.5 Å². The van der Waals surface area contributed by atoms with Crippen LogP contribution >= 0.6 is 0 Å². The van der Waals surface area contributed by atoms with E-state index >= 15 is 0 Å². The van der Waals surface area contributed by atoms with Gasteiger partial charge < -0.3 is 5.73 Å². The number of nitro groups is 1. The first-order chi connectivity index (χ1) is 9.15. The minimum Gasteiger partial charge on any atom is -0.393 e. The van der Waals surface area contributed by atoms with Gasteiger partial charge in [0.15, 0.2) is 0 Å². The van der Waals surface area contributed by atoms with Crippen molar-refractivity contribution in [2.75, 3.05) is 5.73 Å². The van der Waals surface area contributed by atoms with Crippen molar-refractivity contribution in [3.8, 4) is 0 Å². The number of benzene rings is 2. The monoisotopic (exact) mass is 256 g/mol. The Balaban J connectivity index is 2.51. The predicted molar refractivity (Wildman–Crippen MR) is 76.1 cm³/mol. The second-order valence-corrected chi connectivity index (χ2v) is 4.41. The highest BCUT2D eigenvalue weighted by molar-refractivity contribution is 5.65. The maximum atomic E-state index is 10.9. The molecule has 0 bridgehead atoms. The molecule has 2 aromatic carbocycles. The highest BCUT2D eigenvalue weighted by atomic mass is 16.6. The summed E-state index contributed by atoms with van der Waals surface area (Å²) >= 11 is 0. The van der Waals surface area contributed by atoms with Crippen molar-refractivity contribution in [3.05, 3.63) is 69.8 Å². The molecule has 19 heavy (non-hydrogen) atoms. The van der Waals surface area contributed by atoms with E-state index in [0.29, 0.717) is 0 Å². The van der Waals surface area contributed by atoms with Crippen molar-refractivity contribution in [2.24, 2.45) is 0 Å². The summed E-state index contributed by atoms with van der Waals surface area (Å²) in [5.74, 6) is 0.0844. The number of hydrogen-bond donors (Lipinski definition) is 1. The Bertz CT molecular complexity index is 582. The Hall–Kier alpha value is -2.36. The normalized spacial score (nSPS) is 12.1. The Kier molecular flexibility index (Phi) is 3.80. The molecule has 0 heterocycles. The lowest BCUT2D eigenvalue weighted by atomic mass is 9.88. The van der Waals surface area contributed by atoms with Crippen molar-refractivity contribution in [1.29, 1.82) is 0 Å². The van der Waals surface area contributed by atoms with Crippen molar-refractivity contribution in [2.45, 2.75) is 19.3 Å². The molecule has 0 aliphatic rings. The third kappa shape index (κ3) is 2.57. The van der Waals surface area contributed by atoms with Gasteiger partial charge in [0.25, 0.3) is 5.69 Å². The Morgan fingerprint density at radius 3 is 2.42 bits per heavy atom. The van der Waals surface area contributed by atoms with Crippen LogP contribution in [0.15, 0.2) is 48.5 Å². The second kappa shape index (κ2) is 5.52. The molecule has 0 fully saturated rings. The number of nitrogens with zero attached hydrogens (tertiary/aromatic N) is 1. The van der Waals surface area contributed by atoms with Gasteiger partial charge in [-0.3, -0.25) is 10.1 Å². The van der Waals surface area contributed by atoms with Crippen LogP contribution < -0.4 is 5.73 Å². The van der Waals surface area contributed by atoms with Crippen molar-refractivity contribution >= 4 is 11.4 Å². The molecule has 4 nitrogen and oxygen atoms in total. The summed E-state index contributed by atoms with van der Waals surface area (Å²) < 4.78 is 0. The number of anilines is 1. The van der Waals surface area contributed by atoms with Gasteiger partial charge in [-0.05, 0) is 17.5 Å². The molecule has 0 amide bonds. The lowest BCUT2D eigenvalue weighted by Crippen LogP contribution is -2.06. The number of para-hydroxylation sites is 1. The third-order valence-corrected chi connectivity index (χ3v) is 3.30. The fraction of sp³-hybridized carbons (Fsp3) is 0.200. The lowest BCUT2D eigenvalue weighted by molar-refractivity contribution is -0.383. The Morgan fingerprint density at radius 2 is 1.84 bits per heavy atom. The van der Waals surface area contributed by atoms with Gasteiger partial charge in [0, 0.05) is 12.0 Å². The van der Waals surface area contributed by atoms with Crippen LogP contribution in [0.5, 0.6) is 0 Å². The summed E-state index contributed by atoms with van der Waals surface area (Å²) in [4.78, 5) is 10.5.